The molecule has 1 aromatic rings. The first-order valence-corrected chi connectivity index (χ1v) is 5.91. The summed E-state index contributed by atoms with van der Waals surface area (Å²) in [6.07, 6.45) is 3.91. The van der Waals surface area contributed by atoms with Crippen LogP contribution in [0.25, 0.3) is 0 Å². The second-order valence-corrected chi connectivity index (χ2v) is 3.67. The number of aromatic nitrogens is 3. The molecule has 0 radical (unpaired) electrons. The summed E-state index contributed by atoms with van der Waals surface area (Å²) < 4.78 is 0. The molecule has 0 saturated carbocycles. The molecule has 0 fully saturated rings. The van der Waals surface area contributed by atoms with Crippen molar-refractivity contribution in [2.24, 2.45) is 0 Å². The molecule has 4 nitrogen and oxygen atoms in total. The Kier molecular flexibility index (Phi) is 3.61. The van der Waals surface area contributed by atoms with Gasteiger partial charge in [0.25, 0.3) is 0 Å². The van der Waals surface area contributed by atoms with E-state index in [1.165, 1.54) is 11.8 Å². The smallest absolute Gasteiger partial charge is 0.224 e. The van der Waals surface area contributed by atoms with Crippen LogP contribution in [0.2, 0.25) is 0 Å². The van der Waals surface area contributed by atoms with E-state index in [-0.39, 0.29) is 0 Å². The lowest BCUT2D eigenvalue weighted by molar-refractivity contribution is 0.865. The maximum absolute atomic E-state index is 5.48. The van der Waals surface area contributed by atoms with E-state index in [9.17, 15) is 0 Å². The highest BCUT2D eigenvalue weighted by molar-refractivity contribution is 7.98. The van der Waals surface area contributed by atoms with Crippen molar-refractivity contribution in [2.75, 3.05) is 18.2 Å². The van der Waals surface area contributed by atoms with Gasteiger partial charge in [-0.25, -0.2) is 4.98 Å². The first-order chi connectivity index (χ1) is 5.76. The summed E-state index contributed by atoms with van der Waals surface area (Å²) in [5, 5.41) is 0.687. The number of rotatable bonds is 3. The largest absolute Gasteiger partial charge is 0.368 e. The van der Waals surface area contributed by atoms with Crippen LogP contribution in [0.3, 0.4) is 0 Å². The summed E-state index contributed by atoms with van der Waals surface area (Å²) in [6.45, 7) is 0. The molecule has 66 valence electrons. The van der Waals surface area contributed by atoms with Crippen molar-refractivity contribution in [2.45, 2.75) is 10.9 Å². The first-order valence-electron chi connectivity index (χ1n) is 3.29. The number of nitrogens with zero attached hydrogens (tertiary/aromatic N) is 3. The molecular formula is C6H10N4S2. The Hall–Kier alpha value is -0.490. The summed E-state index contributed by atoms with van der Waals surface area (Å²) in [4.78, 5) is 12.1. The molecule has 2 N–H and O–H groups in total. The molecule has 0 atom stereocenters. The average molecular weight is 202 g/mol. The van der Waals surface area contributed by atoms with Crippen LogP contribution in [0.4, 0.5) is 5.95 Å². The minimum atomic E-state index is 0.304. The number of nitrogens with two attached hydrogens (primary N) is 1. The van der Waals surface area contributed by atoms with Gasteiger partial charge < -0.3 is 5.73 Å². The molecule has 0 aliphatic heterocycles. The third-order valence-corrected chi connectivity index (χ3v) is 2.23. The van der Waals surface area contributed by atoms with Gasteiger partial charge in [0.15, 0.2) is 5.16 Å². The van der Waals surface area contributed by atoms with E-state index in [1.54, 1.807) is 11.8 Å². The Labute approximate surface area is 79.8 Å². The van der Waals surface area contributed by atoms with Gasteiger partial charge in [-0.1, -0.05) is 11.8 Å². The maximum atomic E-state index is 5.48. The number of hydrogen-bond acceptors (Lipinski definition) is 6. The van der Waals surface area contributed by atoms with Crippen molar-refractivity contribution in [1.29, 1.82) is 0 Å². The maximum Gasteiger partial charge on any atom is 0.224 e. The zero-order valence-electron chi connectivity index (χ0n) is 6.94. The zero-order chi connectivity index (χ0) is 8.97. The van der Waals surface area contributed by atoms with Crippen LogP contribution in [0, 0.1) is 0 Å². The van der Waals surface area contributed by atoms with Crippen molar-refractivity contribution in [3.63, 3.8) is 0 Å². The Morgan fingerprint density at radius 2 is 2.00 bits per heavy atom. The minimum Gasteiger partial charge on any atom is -0.368 e. The normalized spacial score (nSPS) is 10.2. The molecule has 0 bridgehead atoms. The fourth-order valence-electron chi connectivity index (χ4n) is 0.701. The van der Waals surface area contributed by atoms with E-state index < -0.39 is 0 Å². The van der Waals surface area contributed by atoms with Crippen molar-refractivity contribution in [3.05, 3.63) is 5.82 Å². The number of hydrogen-bond donors (Lipinski definition) is 1. The summed E-state index contributed by atoms with van der Waals surface area (Å²) in [5.74, 6) is 1.83. The number of thioether (sulfide) groups is 2. The van der Waals surface area contributed by atoms with Gasteiger partial charge in [0.05, 0.1) is 5.75 Å². The Bertz CT molecular complexity index is 266. The molecule has 1 rings (SSSR count). The Balaban J connectivity index is 2.90. The molecule has 6 heteroatoms. The summed E-state index contributed by atoms with van der Waals surface area (Å²) in [5.41, 5.74) is 5.48. The summed E-state index contributed by atoms with van der Waals surface area (Å²) in [6, 6.07) is 0. The van der Waals surface area contributed by atoms with Crippen molar-refractivity contribution in [3.8, 4) is 0 Å². The van der Waals surface area contributed by atoms with Crippen LogP contribution in [0.1, 0.15) is 5.82 Å². The quantitative estimate of drug-likeness (QED) is 0.739. The van der Waals surface area contributed by atoms with Gasteiger partial charge in [0, 0.05) is 0 Å². The van der Waals surface area contributed by atoms with E-state index in [1.807, 2.05) is 12.5 Å². The molecule has 0 unspecified atom stereocenters. The van der Waals surface area contributed by atoms with Crippen molar-refractivity contribution < 1.29 is 0 Å². The summed E-state index contributed by atoms with van der Waals surface area (Å²) >= 11 is 3.14. The lowest BCUT2D eigenvalue weighted by Crippen LogP contribution is -2.03. The van der Waals surface area contributed by atoms with Gasteiger partial charge in [-0.3, -0.25) is 0 Å². The van der Waals surface area contributed by atoms with E-state index in [0.717, 1.165) is 11.6 Å². The second kappa shape index (κ2) is 4.51. The third-order valence-electron chi connectivity index (χ3n) is 1.13. The van der Waals surface area contributed by atoms with Crippen molar-refractivity contribution in [1.82, 2.24) is 15.0 Å². The summed E-state index contributed by atoms with van der Waals surface area (Å²) in [7, 11) is 0. The molecule has 0 aliphatic rings. The minimum absolute atomic E-state index is 0.304. The van der Waals surface area contributed by atoms with Gasteiger partial charge in [0.2, 0.25) is 5.95 Å². The van der Waals surface area contributed by atoms with Crippen LogP contribution in [0.5, 0.6) is 0 Å². The first kappa shape index (κ1) is 9.60. The fraction of sp³-hybridized carbons (Fsp3) is 0.500. The van der Waals surface area contributed by atoms with Crippen LogP contribution in [-0.2, 0) is 5.75 Å². The number of nitrogen functional groups attached to an aromatic ring is 1. The molecule has 0 aliphatic carbocycles. The van der Waals surface area contributed by atoms with Gasteiger partial charge in [-0.2, -0.15) is 21.7 Å². The molecular weight excluding hydrogens is 192 g/mol. The highest BCUT2D eigenvalue weighted by atomic mass is 32.2. The van der Waals surface area contributed by atoms with Gasteiger partial charge in [-0.05, 0) is 12.5 Å². The SMILES string of the molecule is CSCc1nc(N)nc(SC)n1. The van der Waals surface area contributed by atoms with Gasteiger partial charge >= 0.3 is 0 Å². The lowest BCUT2D eigenvalue weighted by atomic mass is 10.7. The van der Waals surface area contributed by atoms with Crippen molar-refractivity contribution >= 4 is 29.5 Å². The van der Waals surface area contributed by atoms with Crippen LogP contribution in [-0.4, -0.2) is 27.5 Å². The lowest BCUT2D eigenvalue weighted by Gasteiger charge is -2.00. The third kappa shape index (κ3) is 2.53. The van der Waals surface area contributed by atoms with Crippen LogP contribution >= 0.6 is 23.5 Å². The molecule has 0 aromatic carbocycles. The predicted molar refractivity (Wildman–Crippen MR) is 53.2 cm³/mol. The monoisotopic (exact) mass is 202 g/mol. The van der Waals surface area contributed by atoms with E-state index in [2.05, 4.69) is 15.0 Å². The van der Waals surface area contributed by atoms with Crippen LogP contribution < -0.4 is 5.73 Å². The van der Waals surface area contributed by atoms with E-state index >= 15 is 0 Å². The Morgan fingerprint density at radius 1 is 1.25 bits per heavy atom. The van der Waals surface area contributed by atoms with E-state index in [4.69, 9.17) is 5.73 Å². The second-order valence-electron chi connectivity index (χ2n) is 2.03. The zero-order valence-corrected chi connectivity index (χ0v) is 8.58. The molecule has 1 aromatic heterocycles. The van der Waals surface area contributed by atoms with Gasteiger partial charge in [-0.15, -0.1) is 0 Å². The molecule has 0 spiro atoms. The predicted octanol–water partition coefficient (Wildman–Crippen LogP) is 1.04. The molecule has 0 saturated heterocycles. The van der Waals surface area contributed by atoms with E-state index in [0.29, 0.717) is 11.1 Å². The topological polar surface area (TPSA) is 64.7 Å². The highest BCUT2D eigenvalue weighted by Gasteiger charge is 2.01. The molecule has 0 amide bonds. The average Bonchev–Trinajstić information content (AvgIpc) is 2.04. The van der Waals surface area contributed by atoms with Gasteiger partial charge in [0.1, 0.15) is 5.82 Å². The highest BCUT2D eigenvalue weighted by Crippen LogP contribution is 2.11. The van der Waals surface area contributed by atoms with Crippen LogP contribution in [0.15, 0.2) is 5.16 Å². The fourth-order valence-corrected chi connectivity index (χ4v) is 1.47. The molecule has 1 heterocycles. The standard InChI is InChI=1S/C6H10N4S2/c1-11-3-4-8-5(7)10-6(9-4)12-2/h3H2,1-2H3,(H2,7,8,9,10). The molecule has 12 heavy (non-hydrogen) atoms. The number of anilines is 1. The Morgan fingerprint density at radius 3 is 2.58 bits per heavy atom.